The van der Waals surface area contributed by atoms with E-state index >= 15 is 0 Å². The molecule has 1 heterocycles. The summed E-state index contributed by atoms with van der Waals surface area (Å²) in [6.45, 7) is 3.45. The first-order valence-corrected chi connectivity index (χ1v) is 9.83. The lowest BCUT2D eigenvalue weighted by atomic mass is 10.1. The van der Waals surface area contributed by atoms with Crippen LogP contribution >= 0.6 is 0 Å². The van der Waals surface area contributed by atoms with Gasteiger partial charge in [0.05, 0.1) is 11.0 Å². The van der Waals surface area contributed by atoms with Crippen molar-refractivity contribution in [1.29, 1.82) is 0 Å². The smallest absolute Gasteiger partial charge is 0.243 e. The van der Waals surface area contributed by atoms with Gasteiger partial charge in [-0.25, -0.2) is 8.42 Å². The van der Waals surface area contributed by atoms with E-state index in [1.54, 1.807) is 12.1 Å². The maximum atomic E-state index is 13.2. The van der Waals surface area contributed by atoms with E-state index < -0.39 is 10.0 Å². The van der Waals surface area contributed by atoms with Crippen molar-refractivity contribution in [2.75, 3.05) is 19.7 Å². The van der Waals surface area contributed by atoms with E-state index in [2.05, 4.69) is 0 Å². The van der Waals surface area contributed by atoms with Crippen LogP contribution in [0.4, 0.5) is 0 Å². The first kappa shape index (κ1) is 17.1. The van der Waals surface area contributed by atoms with Crippen LogP contribution in [-0.2, 0) is 14.8 Å². The Bertz CT molecular complexity index is 768. The van der Waals surface area contributed by atoms with E-state index in [1.165, 1.54) is 4.31 Å². The molecule has 0 spiro atoms. The molecule has 1 atom stereocenters. The molecule has 0 N–H and O–H groups in total. The molecule has 0 radical (unpaired) electrons. The average molecular weight is 345 g/mol. The lowest BCUT2D eigenvalue weighted by molar-refractivity contribution is 0.0947. The van der Waals surface area contributed by atoms with E-state index in [-0.39, 0.29) is 6.10 Å². The van der Waals surface area contributed by atoms with Gasteiger partial charge in [-0.05, 0) is 24.5 Å². The van der Waals surface area contributed by atoms with Gasteiger partial charge >= 0.3 is 0 Å². The highest BCUT2D eigenvalue weighted by Gasteiger charge is 2.29. The fourth-order valence-electron chi connectivity index (χ4n) is 3.10. The average Bonchev–Trinajstić information content (AvgIpc) is 3.13. The van der Waals surface area contributed by atoms with Gasteiger partial charge in [-0.15, -0.1) is 0 Å². The zero-order chi connectivity index (χ0) is 17.0. The molecule has 5 heteroatoms. The Labute approximate surface area is 144 Å². The number of likely N-dealkylation sites (N-methyl/N-ethyl adjacent to an activating group) is 1. The van der Waals surface area contributed by atoms with Gasteiger partial charge in [0, 0.05) is 25.3 Å². The maximum Gasteiger partial charge on any atom is 0.243 e. The number of ether oxygens (including phenoxy) is 1. The largest absolute Gasteiger partial charge is 0.377 e. The van der Waals surface area contributed by atoms with Crippen LogP contribution in [0.5, 0.6) is 0 Å². The van der Waals surface area contributed by atoms with E-state index in [9.17, 15) is 8.42 Å². The number of hydrogen-bond donors (Lipinski definition) is 0. The van der Waals surface area contributed by atoms with E-state index in [0.717, 1.165) is 30.6 Å². The van der Waals surface area contributed by atoms with Crippen LogP contribution in [0.15, 0.2) is 59.5 Å². The fourth-order valence-corrected chi connectivity index (χ4v) is 4.79. The lowest BCUT2D eigenvalue weighted by Gasteiger charge is -2.24. The molecule has 1 fully saturated rings. The highest BCUT2D eigenvalue weighted by Crippen LogP contribution is 2.29. The minimum absolute atomic E-state index is 0.00334. The Balaban J connectivity index is 1.97. The summed E-state index contributed by atoms with van der Waals surface area (Å²) in [6, 6.07) is 16.8. The molecule has 128 valence electrons. The molecule has 1 aliphatic rings. The van der Waals surface area contributed by atoms with Crippen LogP contribution in [0, 0.1) is 0 Å². The number of sulfonamides is 1. The highest BCUT2D eigenvalue weighted by molar-refractivity contribution is 7.89. The second-order valence-electron chi connectivity index (χ2n) is 5.95. The van der Waals surface area contributed by atoms with Gasteiger partial charge in [-0.1, -0.05) is 55.5 Å². The summed E-state index contributed by atoms with van der Waals surface area (Å²) >= 11 is 0. The summed E-state index contributed by atoms with van der Waals surface area (Å²) in [5.74, 6) is 0. The molecule has 0 saturated carbocycles. The van der Waals surface area contributed by atoms with Gasteiger partial charge < -0.3 is 4.74 Å². The molecule has 0 bridgehead atoms. The van der Waals surface area contributed by atoms with Crippen LogP contribution < -0.4 is 0 Å². The normalized spacial score (nSPS) is 18.2. The standard InChI is InChI=1S/C19H23NO3S/c1-2-20(15-17-11-8-14-23-17)24(21,22)19-13-7-6-12-18(19)16-9-4-3-5-10-16/h3-7,9-10,12-13,17H,2,8,11,14-15H2,1H3. The van der Waals surface area contributed by atoms with Crippen LogP contribution in [0.1, 0.15) is 19.8 Å². The minimum atomic E-state index is -3.56. The summed E-state index contributed by atoms with van der Waals surface area (Å²) < 4.78 is 33.6. The molecule has 2 aromatic rings. The minimum Gasteiger partial charge on any atom is -0.377 e. The molecular weight excluding hydrogens is 322 g/mol. The van der Waals surface area contributed by atoms with Crippen molar-refractivity contribution in [2.24, 2.45) is 0 Å². The summed E-state index contributed by atoms with van der Waals surface area (Å²) in [4.78, 5) is 0.357. The molecule has 3 rings (SSSR count). The van der Waals surface area contributed by atoms with Crippen molar-refractivity contribution >= 4 is 10.0 Å². The summed E-state index contributed by atoms with van der Waals surface area (Å²) in [6.07, 6.45) is 1.93. The Hall–Kier alpha value is -1.69. The Kier molecular flexibility index (Phi) is 5.33. The quantitative estimate of drug-likeness (QED) is 0.804. The van der Waals surface area contributed by atoms with E-state index in [4.69, 9.17) is 4.74 Å². The first-order valence-electron chi connectivity index (χ1n) is 8.39. The molecular formula is C19H23NO3S. The second kappa shape index (κ2) is 7.47. The van der Waals surface area contributed by atoms with Gasteiger partial charge in [0.1, 0.15) is 0 Å². The summed E-state index contributed by atoms with van der Waals surface area (Å²) in [5.41, 5.74) is 1.65. The zero-order valence-corrected chi connectivity index (χ0v) is 14.7. The van der Waals surface area contributed by atoms with Crippen LogP contribution in [-0.4, -0.2) is 38.5 Å². The predicted octanol–water partition coefficient (Wildman–Crippen LogP) is 3.54. The second-order valence-corrected chi connectivity index (χ2v) is 7.86. The van der Waals surface area contributed by atoms with Crippen molar-refractivity contribution < 1.29 is 13.2 Å². The van der Waals surface area contributed by atoms with Gasteiger partial charge in [0.15, 0.2) is 0 Å². The molecule has 1 saturated heterocycles. The van der Waals surface area contributed by atoms with Gasteiger partial charge in [0.25, 0.3) is 0 Å². The third-order valence-corrected chi connectivity index (χ3v) is 6.37. The Morgan fingerprint density at radius 1 is 1.08 bits per heavy atom. The third-order valence-electron chi connectivity index (χ3n) is 4.37. The Morgan fingerprint density at radius 3 is 2.46 bits per heavy atom. The molecule has 1 unspecified atom stereocenters. The molecule has 0 aliphatic carbocycles. The number of nitrogens with zero attached hydrogens (tertiary/aromatic N) is 1. The van der Waals surface area contributed by atoms with Gasteiger partial charge in [0.2, 0.25) is 10.0 Å². The fraction of sp³-hybridized carbons (Fsp3) is 0.368. The van der Waals surface area contributed by atoms with E-state index in [0.29, 0.717) is 18.0 Å². The number of rotatable bonds is 6. The van der Waals surface area contributed by atoms with Crippen molar-refractivity contribution in [1.82, 2.24) is 4.31 Å². The van der Waals surface area contributed by atoms with Gasteiger partial charge in [-0.2, -0.15) is 4.31 Å². The Morgan fingerprint density at radius 2 is 1.79 bits per heavy atom. The molecule has 0 aromatic heterocycles. The lowest BCUT2D eigenvalue weighted by Crippen LogP contribution is -2.37. The van der Waals surface area contributed by atoms with Crippen molar-refractivity contribution in [3.05, 3.63) is 54.6 Å². The maximum absolute atomic E-state index is 13.2. The summed E-state index contributed by atoms with van der Waals surface area (Å²) in [5, 5.41) is 0. The van der Waals surface area contributed by atoms with Crippen molar-refractivity contribution in [3.8, 4) is 11.1 Å². The number of benzene rings is 2. The van der Waals surface area contributed by atoms with Crippen LogP contribution in [0.25, 0.3) is 11.1 Å². The molecule has 4 nitrogen and oxygen atoms in total. The highest BCUT2D eigenvalue weighted by atomic mass is 32.2. The van der Waals surface area contributed by atoms with Crippen LogP contribution in [0.3, 0.4) is 0 Å². The predicted molar refractivity (Wildman–Crippen MR) is 95.3 cm³/mol. The third kappa shape index (κ3) is 3.53. The van der Waals surface area contributed by atoms with Gasteiger partial charge in [-0.3, -0.25) is 0 Å². The number of hydrogen-bond acceptors (Lipinski definition) is 3. The topological polar surface area (TPSA) is 46.6 Å². The first-order chi connectivity index (χ1) is 11.6. The molecule has 0 amide bonds. The molecule has 24 heavy (non-hydrogen) atoms. The molecule has 2 aromatic carbocycles. The SMILES string of the molecule is CCN(CC1CCCO1)S(=O)(=O)c1ccccc1-c1ccccc1. The van der Waals surface area contributed by atoms with E-state index in [1.807, 2.05) is 49.4 Å². The molecule has 1 aliphatic heterocycles. The van der Waals surface area contributed by atoms with Crippen molar-refractivity contribution in [3.63, 3.8) is 0 Å². The van der Waals surface area contributed by atoms with Crippen molar-refractivity contribution in [2.45, 2.75) is 30.8 Å². The van der Waals surface area contributed by atoms with Crippen LogP contribution in [0.2, 0.25) is 0 Å². The summed E-state index contributed by atoms with van der Waals surface area (Å²) in [7, 11) is -3.56. The zero-order valence-electron chi connectivity index (χ0n) is 13.9. The monoisotopic (exact) mass is 345 g/mol.